The van der Waals surface area contributed by atoms with Crippen LogP contribution >= 0.6 is 38.5 Å². The molecule has 2 N–H and O–H groups in total. The molecule has 0 aliphatic carbocycles. The van der Waals surface area contributed by atoms with Gasteiger partial charge >= 0.3 is 0 Å². The van der Waals surface area contributed by atoms with Crippen molar-refractivity contribution < 1.29 is 22.7 Å². The van der Waals surface area contributed by atoms with E-state index in [4.69, 9.17) is 15.9 Å². The number of carbonyl (C=O) groups excluding carboxylic acids is 1. The highest BCUT2D eigenvalue weighted by Crippen LogP contribution is 2.34. The van der Waals surface area contributed by atoms with Crippen LogP contribution in [0.15, 0.2) is 81.2 Å². The number of hydrogen-bond acceptors (Lipinski definition) is 6. The average molecular weight is 696 g/mol. The Kier molecular flexibility index (Phi) is 10.5. The molecule has 0 radical (unpaired) electrons. The van der Waals surface area contributed by atoms with Gasteiger partial charge in [0.05, 0.1) is 18.2 Å². The highest BCUT2D eigenvalue weighted by molar-refractivity contribution is 14.1. The van der Waals surface area contributed by atoms with Gasteiger partial charge in [0, 0.05) is 13.6 Å². The van der Waals surface area contributed by atoms with Crippen LogP contribution in [0.3, 0.4) is 0 Å². The van der Waals surface area contributed by atoms with Gasteiger partial charge in [0.25, 0.3) is 5.91 Å². The fourth-order valence-electron chi connectivity index (χ4n) is 3.25. The van der Waals surface area contributed by atoms with Gasteiger partial charge in [0.15, 0.2) is 11.5 Å². The highest BCUT2D eigenvalue weighted by Gasteiger charge is 2.26. The number of carbonyl (C=O) groups is 1. The fraction of sp³-hybridized carbons (Fsp3) is 0.154. The van der Waals surface area contributed by atoms with E-state index in [9.17, 15) is 13.2 Å². The van der Waals surface area contributed by atoms with E-state index in [1.54, 1.807) is 24.3 Å². The number of hydrazone groups is 1. The van der Waals surface area contributed by atoms with Crippen molar-refractivity contribution in [3.63, 3.8) is 0 Å². The molecule has 0 saturated carbocycles. The van der Waals surface area contributed by atoms with Crippen LogP contribution in [-0.4, -0.2) is 40.3 Å². The zero-order valence-electron chi connectivity index (χ0n) is 19.6. The lowest BCUT2D eigenvalue weighted by Crippen LogP contribution is -2.46. The Balaban J connectivity index is 1.84. The van der Waals surface area contributed by atoms with Crippen LogP contribution in [0.1, 0.15) is 11.1 Å². The predicted molar refractivity (Wildman–Crippen MR) is 154 cm³/mol. The van der Waals surface area contributed by atoms with Crippen LogP contribution < -0.4 is 19.6 Å². The third-order valence-corrected chi connectivity index (χ3v) is 7.63. The Hall–Kier alpha value is -2.92. The maximum absolute atomic E-state index is 13.1. The Morgan fingerprint density at radius 2 is 1.89 bits per heavy atom. The number of hydrogen-bond donors (Lipinski definition) is 2. The second kappa shape index (κ2) is 13.6. The number of nitrogens with zero attached hydrogens (tertiary/aromatic N) is 1. The van der Waals surface area contributed by atoms with E-state index in [0.29, 0.717) is 21.5 Å². The fourth-order valence-corrected chi connectivity index (χ4v) is 5.26. The van der Waals surface area contributed by atoms with Gasteiger partial charge in [-0.25, -0.2) is 13.8 Å². The molecule has 0 aromatic heterocycles. The average Bonchev–Trinajstić information content (AvgIpc) is 2.88. The van der Waals surface area contributed by atoms with E-state index >= 15 is 0 Å². The summed E-state index contributed by atoms with van der Waals surface area (Å²) in [5.41, 5.74) is 3.69. The number of rotatable bonds is 11. The third kappa shape index (κ3) is 8.29. The predicted octanol–water partition coefficient (Wildman–Crippen LogP) is 4.11. The van der Waals surface area contributed by atoms with E-state index in [-0.39, 0.29) is 17.9 Å². The molecule has 0 heterocycles. The second-order valence-electron chi connectivity index (χ2n) is 7.57. The van der Waals surface area contributed by atoms with E-state index in [2.05, 4.69) is 59.7 Å². The second-order valence-corrected chi connectivity index (χ2v) is 11.4. The van der Waals surface area contributed by atoms with Gasteiger partial charge in [0.2, 0.25) is 10.0 Å². The highest BCUT2D eigenvalue weighted by atomic mass is 127. The van der Waals surface area contributed by atoms with Crippen molar-refractivity contribution in [2.24, 2.45) is 5.10 Å². The van der Waals surface area contributed by atoms with Crippen molar-refractivity contribution in [2.45, 2.75) is 17.4 Å². The number of terminal acetylenes is 1. The Morgan fingerprint density at radius 3 is 2.54 bits per heavy atom. The van der Waals surface area contributed by atoms with Crippen molar-refractivity contribution >= 4 is 60.7 Å². The van der Waals surface area contributed by atoms with Gasteiger partial charge in [-0.3, -0.25) is 4.79 Å². The molecule has 37 heavy (non-hydrogen) atoms. The molecule has 3 aromatic carbocycles. The minimum atomic E-state index is -3.98. The SMILES string of the molecule is C#CCOc1c(/C=N\NC(=O)[C@H](Cc2ccccc2)NS(=O)(=O)c2ccc(I)cc2)cc(Br)cc1OC. The molecule has 0 saturated heterocycles. The third-order valence-electron chi connectivity index (χ3n) is 4.97. The molecular formula is C26H23BrIN3O5S. The summed E-state index contributed by atoms with van der Waals surface area (Å²) in [7, 11) is -2.49. The van der Waals surface area contributed by atoms with Crippen molar-refractivity contribution in [3.8, 4) is 23.8 Å². The summed E-state index contributed by atoms with van der Waals surface area (Å²) in [6.07, 6.45) is 6.80. The van der Waals surface area contributed by atoms with Crippen molar-refractivity contribution in [3.05, 3.63) is 85.9 Å². The van der Waals surface area contributed by atoms with Crippen LogP contribution in [0.5, 0.6) is 11.5 Å². The van der Waals surface area contributed by atoms with Crippen LogP contribution in [0, 0.1) is 15.9 Å². The molecule has 1 amide bonds. The van der Waals surface area contributed by atoms with Gasteiger partial charge < -0.3 is 9.47 Å². The summed E-state index contributed by atoms with van der Waals surface area (Å²) in [5, 5.41) is 4.04. The van der Waals surface area contributed by atoms with E-state index in [1.807, 2.05) is 30.3 Å². The number of nitrogens with one attached hydrogen (secondary N) is 2. The van der Waals surface area contributed by atoms with E-state index < -0.39 is 22.0 Å². The number of ether oxygens (including phenoxy) is 2. The van der Waals surface area contributed by atoms with Gasteiger partial charge in [-0.1, -0.05) is 52.2 Å². The number of methoxy groups -OCH3 is 1. The van der Waals surface area contributed by atoms with Gasteiger partial charge in [-0.05, 0) is 71.0 Å². The Morgan fingerprint density at radius 1 is 1.19 bits per heavy atom. The molecule has 8 nitrogen and oxygen atoms in total. The standard InChI is InChI=1S/C26H23BrIN3O5S/c1-3-13-36-25-19(15-20(27)16-24(25)35-2)17-29-30-26(32)23(14-18-7-5-4-6-8-18)31-37(33,34)22-11-9-21(28)10-12-22/h1,4-12,15-17,23,31H,13-14H2,2H3,(H,30,32)/b29-17-/t23-/m0/s1. The first-order valence-electron chi connectivity index (χ1n) is 10.8. The summed E-state index contributed by atoms with van der Waals surface area (Å²) in [5.74, 6) is 2.52. The summed E-state index contributed by atoms with van der Waals surface area (Å²) in [6.45, 7) is 0.00462. The smallest absolute Gasteiger partial charge is 0.258 e. The number of benzene rings is 3. The number of amides is 1. The molecule has 0 aliphatic heterocycles. The zero-order valence-corrected chi connectivity index (χ0v) is 24.2. The molecule has 11 heteroatoms. The van der Waals surface area contributed by atoms with Crippen LogP contribution in [0.2, 0.25) is 0 Å². The van der Waals surface area contributed by atoms with Crippen molar-refractivity contribution in [1.29, 1.82) is 0 Å². The molecular weight excluding hydrogens is 673 g/mol. The first-order chi connectivity index (χ1) is 17.7. The monoisotopic (exact) mass is 695 g/mol. The van der Waals surface area contributed by atoms with Crippen LogP contribution in [0.4, 0.5) is 0 Å². The minimum Gasteiger partial charge on any atom is -0.493 e. The molecule has 3 aromatic rings. The van der Waals surface area contributed by atoms with Crippen molar-refractivity contribution in [2.75, 3.05) is 13.7 Å². The lowest BCUT2D eigenvalue weighted by Gasteiger charge is -2.17. The topological polar surface area (TPSA) is 106 Å². The normalized spacial score (nSPS) is 12.1. The minimum absolute atomic E-state index is 0.00462. The van der Waals surface area contributed by atoms with Crippen LogP contribution in [-0.2, 0) is 21.2 Å². The maximum atomic E-state index is 13.1. The Labute approximate surface area is 238 Å². The first kappa shape index (κ1) is 28.6. The quantitative estimate of drug-likeness (QED) is 0.136. The molecule has 0 aliphatic rings. The molecule has 0 unspecified atom stereocenters. The molecule has 0 spiro atoms. The van der Waals surface area contributed by atoms with E-state index in [1.165, 1.54) is 25.5 Å². The van der Waals surface area contributed by atoms with E-state index in [0.717, 1.165) is 9.13 Å². The summed E-state index contributed by atoms with van der Waals surface area (Å²) in [4.78, 5) is 13.2. The lowest BCUT2D eigenvalue weighted by atomic mass is 10.1. The van der Waals surface area contributed by atoms with Crippen LogP contribution in [0.25, 0.3) is 0 Å². The number of halogens is 2. The van der Waals surface area contributed by atoms with Gasteiger partial charge in [-0.15, -0.1) is 6.42 Å². The maximum Gasteiger partial charge on any atom is 0.258 e. The molecule has 0 bridgehead atoms. The molecule has 0 fully saturated rings. The first-order valence-corrected chi connectivity index (χ1v) is 14.2. The molecule has 3 rings (SSSR count). The number of sulfonamides is 1. The molecule has 192 valence electrons. The lowest BCUT2D eigenvalue weighted by molar-refractivity contribution is -0.122. The van der Waals surface area contributed by atoms with Gasteiger partial charge in [-0.2, -0.15) is 9.82 Å². The largest absolute Gasteiger partial charge is 0.493 e. The summed E-state index contributed by atoms with van der Waals surface area (Å²) in [6, 6.07) is 17.7. The summed E-state index contributed by atoms with van der Waals surface area (Å²) >= 11 is 5.48. The van der Waals surface area contributed by atoms with Gasteiger partial charge in [0.1, 0.15) is 12.6 Å². The van der Waals surface area contributed by atoms with Crippen molar-refractivity contribution in [1.82, 2.24) is 10.1 Å². The summed E-state index contributed by atoms with van der Waals surface area (Å²) < 4.78 is 41.1. The Bertz CT molecular complexity index is 1410. The molecule has 1 atom stereocenters. The zero-order chi connectivity index (χ0) is 26.8.